The van der Waals surface area contributed by atoms with Crippen LogP contribution in [0.5, 0.6) is 0 Å². The molecule has 64 valence electrons. The molecule has 5 heteroatoms. The fourth-order valence-corrected chi connectivity index (χ4v) is 1.18. The molecule has 0 saturated carbocycles. The third-order valence-corrected chi connectivity index (χ3v) is 1.82. The molecule has 1 heterocycles. The number of hydrogen-bond donors (Lipinski definition) is 0. The number of aromatic nitrogens is 3. The van der Waals surface area contributed by atoms with Crippen LogP contribution in [0.25, 0.3) is 11.0 Å². The number of aliphatic imine (C=N–C) groups is 1. The minimum absolute atomic E-state index is 0.379. The largest absolute Gasteiger partial charge is 0.222 e. The summed E-state index contributed by atoms with van der Waals surface area (Å²) in [5.41, 5.74) is 1.82. The van der Waals surface area contributed by atoms with Crippen molar-refractivity contribution in [2.24, 2.45) is 4.99 Å². The van der Waals surface area contributed by atoms with Crippen molar-refractivity contribution in [3.8, 4) is 0 Å². The molecule has 0 unspecified atom stereocenters. The molecule has 0 aliphatic heterocycles. The van der Waals surface area contributed by atoms with Crippen LogP contribution in [-0.4, -0.2) is 20.2 Å². The molecule has 2 rings (SSSR count). The predicted octanol–water partition coefficient (Wildman–Crippen LogP) is 1.49. The minimum Gasteiger partial charge on any atom is -0.222 e. The Kier molecular flexibility index (Phi) is 2.12. The van der Waals surface area contributed by atoms with E-state index < -0.39 is 0 Å². The number of hydrogen-bond acceptors (Lipinski definition) is 4. The van der Waals surface area contributed by atoms with Crippen molar-refractivity contribution in [1.29, 1.82) is 0 Å². The van der Waals surface area contributed by atoms with Crippen LogP contribution in [0.15, 0.2) is 29.3 Å². The first-order chi connectivity index (χ1) is 6.42. The van der Waals surface area contributed by atoms with Crippen molar-refractivity contribution in [3.05, 3.63) is 24.3 Å². The molecule has 2 aromatic rings. The second kappa shape index (κ2) is 3.43. The van der Waals surface area contributed by atoms with Crippen molar-refractivity contribution >= 4 is 28.4 Å². The Morgan fingerprint density at radius 1 is 1.46 bits per heavy atom. The van der Waals surface area contributed by atoms with Crippen molar-refractivity contribution in [2.45, 2.75) is 6.67 Å². The first-order valence-corrected chi connectivity index (χ1v) is 4.14. The van der Waals surface area contributed by atoms with E-state index in [-0.39, 0.29) is 0 Å². The average molecular weight is 190 g/mol. The van der Waals surface area contributed by atoms with Gasteiger partial charge in [-0.25, -0.2) is 9.67 Å². The fraction of sp³-hybridized carbons (Fsp3) is 0.125. The molecule has 0 spiro atoms. The molecule has 0 N–H and O–H groups in total. The van der Waals surface area contributed by atoms with Crippen LogP contribution in [0, 0.1) is 0 Å². The molecule has 0 atom stereocenters. The van der Waals surface area contributed by atoms with Crippen LogP contribution >= 0.6 is 12.2 Å². The first-order valence-electron chi connectivity index (χ1n) is 3.73. The zero-order chi connectivity index (χ0) is 9.10. The summed E-state index contributed by atoms with van der Waals surface area (Å²) in [4.78, 5) is 3.79. The summed E-state index contributed by atoms with van der Waals surface area (Å²) in [6.45, 7) is 0.379. The summed E-state index contributed by atoms with van der Waals surface area (Å²) >= 11 is 4.47. The van der Waals surface area contributed by atoms with E-state index in [1.54, 1.807) is 4.68 Å². The molecule has 0 radical (unpaired) electrons. The van der Waals surface area contributed by atoms with E-state index >= 15 is 0 Å². The number of thiocarbonyl (C=S) groups is 1. The SMILES string of the molecule is S=C=NCn1nnc2ccccc21. The summed E-state index contributed by atoms with van der Waals surface area (Å²) in [6, 6.07) is 7.70. The van der Waals surface area contributed by atoms with Gasteiger partial charge < -0.3 is 0 Å². The van der Waals surface area contributed by atoms with E-state index in [0.29, 0.717) is 6.67 Å². The normalized spacial score (nSPS) is 9.85. The lowest BCUT2D eigenvalue weighted by molar-refractivity contribution is 0.632. The molecule has 0 bridgehead atoms. The van der Waals surface area contributed by atoms with E-state index in [1.807, 2.05) is 24.3 Å². The molecule has 4 nitrogen and oxygen atoms in total. The second-order valence-electron chi connectivity index (χ2n) is 2.47. The number of benzene rings is 1. The summed E-state index contributed by atoms with van der Waals surface area (Å²) in [5.74, 6) is 0. The van der Waals surface area contributed by atoms with Crippen LogP contribution in [0.1, 0.15) is 0 Å². The molecule has 0 fully saturated rings. The maximum atomic E-state index is 4.47. The average Bonchev–Trinajstić information content (AvgIpc) is 2.58. The monoisotopic (exact) mass is 190 g/mol. The number of fused-ring (bicyclic) bond motifs is 1. The van der Waals surface area contributed by atoms with E-state index in [2.05, 4.69) is 32.7 Å². The minimum atomic E-state index is 0.379. The van der Waals surface area contributed by atoms with E-state index in [0.717, 1.165) is 11.0 Å². The second-order valence-corrected chi connectivity index (χ2v) is 2.65. The smallest absolute Gasteiger partial charge is 0.143 e. The topological polar surface area (TPSA) is 43.1 Å². The Morgan fingerprint density at radius 3 is 3.15 bits per heavy atom. The van der Waals surface area contributed by atoms with E-state index in [4.69, 9.17) is 0 Å². The Balaban J connectivity index is 2.51. The summed E-state index contributed by atoms with van der Waals surface area (Å²) in [7, 11) is 0. The zero-order valence-electron chi connectivity index (χ0n) is 6.71. The van der Waals surface area contributed by atoms with Crippen LogP contribution < -0.4 is 0 Å². The van der Waals surface area contributed by atoms with Gasteiger partial charge in [-0.15, -0.1) is 5.10 Å². The van der Waals surface area contributed by atoms with Gasteiger partial charge >= 0.3 is 0 Å². The molecule has 0 aliphatic rings. The Morgan fingerprint density at radius 2 is 2.31 bits per heavy atom. The third-order valence-electron chi connectivity index (χ3n) is 1.69. The molecule has 0 aliphatic carbocycles. The van der Waals surface area contributed by atoms with Crippen LogP contribution in [0.4, 0.5) is 0 Å². The lowest BCUT2D eigenvalue weighted by Gasteiger charge is -1.93. The standard InChI is InChI=1S/C8H6N4S/c13-6-9-5-12-8-4-2-1-3-7(8)10-11-12/h1-4H,5H2. The quantitative estimate of drug-likeness (QED) is 0.532. The third kappa shape index (κ3) is 1.47. The van der Waals surface area contributed by atoms with Gasteiger partial charge in [-0.05, 0) is 24.4 Å². The molecular formula is C8H6N4S. The van der Waals surface area contributed by atoms with Gasteiger partial charge in [0, 0.05) is 0 Å². The van der Waals surface area contributed by atoms with Crippen LogP contribution in [0.2, 0.25) is 0 Å². The van der Waals surface area contributed by atoms with Crippen molar-refractivity contribution in [2.75, 3.05) is 0 Å². The van der Waals surface area contributed by atoms with Crippen molar-refractivity contribution in [1.82, 2.24) is 15.0 Å². The van der Waals surface area contributed by atoms with Crippen LogP contribution in [-0.2, 0) is 6.67 Å². The number of isothiocyanates is 1. The van der Waals surface area contributed by atoms with E-state index in [9.17, 15) is 0 Å². The molecule has 0 amide bonds. The van der Waals surface area contributed by atoms with Gasteiger partial charge in [-0.3, -0.25) is 0 Å². The zero-order valence-corrected chi connectivity index (χ0v) is 7.53. The van der Waals surface area contributed by atoms with Gasteiger partial charge in [0.15, 0.2) is 0 Å². The lowest BCUT2D eigenvalue weighted by Crippen LogP contribution is -1.96. The van der Waals surface area contributed by atoms with Crippen molar-refractivity contribution in [3.63, 3.8) is 0 Å². The fourth-order valence-electron chi connectivity index (χ4n) is 1.12. The summed E-state index contributed by atoms with van der Waals surface area (Å²) in [5, 5.41) is 10.2. The Bertz CT molecular complexity index is 470. The van der Waals surface area contributed by atoms with Gasteiger partial charge in [-0.1, -0.05) is 17.3 Å². The highest BCUT2D eigenvalue weighted by molar-refractivity contribution is 7.78. The Labute approximate surface area is 79.9 Å². The first kappa shape index (κ1) is 8.04. The maximum absolute atomic E-state index is 4.47. The number of nitrogens with zero attached hydrogens (tertiary/aromatic N) is 4. The lowest BCUT2D eigenvalue weighted by atomic mass is 10.3. The summed E-state index contributed by atoms with van der Waals surface area (Å²) in [6.07, 6.45) is 0. The molecule has 13 heavy (non-hydrogen) atoms. The maximum Gasteiger partial charge on any atom is 0.143 e. The van der Waals surface area contributed by atoms with E-state index in [1.165, 1.54) is 0 Å². The molecular weight excluding hydrogens is 184 g/mol. The van der Waals surface area contributed by atoms with Crippen LogP contribution in [0.3, 0.4) is 0 Å². The number of rotatable bonds is 2. The molecule has 1 aromatic carbocycles. The van der Waals surface area contributed by atoms with Gasteiger partial charge in [0.05, 0.1) is 10.7 Å². The highest BCUT2D eigenvalue weighted by atomic mass is 32.1. The van der Waals surface area contributed by atoms with Crippen molar-refractivity contribution < 1.29 is 0 Å². The summed E-state index contributed by atoms with van der Waals surface area (Å²) < 4.78 is 1.68. The van der Waals surface area contributed by atoms with Gasteiger partial charge in [0.25, 0.3) is 0 Å². The van der Waals surface area contributed by atoms with Gasteiger partial charge in [-0.2, -0.15) is 0 Å². The highest BCUT2D eigenvalue weighted by Crippen LogP contribution is 2.08. The molecule has 0 saturated heterocycles. The van der Waals surface area contributed by atoms with Gasteiger partial charge in [0.1, 0.15) is 12.2 Å². The molecule has 1 aromatic heterocycles. The van der Waals surface area contributed by atoms with Gasteiger partial charge in [0.2, 0.25) is 0 Å². The Hall–Kier alpha value is -1.58. The highest BCUT2D eigenvalue weighted by Gasteiger charge is 2.00. The number of para-hydroxylation sites is 1. The predicted molar refractivity (Wildman–Crippen MR) is 52.6 cm³/mol.